The van der Waals surface area contributed by atoms with Crippen molar-refractivity contribution in [2.75, 3.05) is 0 Å². The molecule has 1 heteroatoms. The summed E-state index contributed by atoms with van der Waals surface area (Å²) < 4.78 is 0. The smallest absolute Gasteiger partial charge is 0.0628 e. The largest absolute Gasteiger partial charge is 0.198 e. The van der Waals surface area contributed by atoms with Gasteiger partial charge in [0.05, 0.1) is 6.07 Å². The Hall–Kier alpha value is -1.29. The third-order valence-electron chi connectivity index (χ3n) is 1.23. The fourth-order valence-electron chi connectivity index (χ4n) is 0.753. The molecule has 0 aliphatic rings. The highest BCUT2D eigenvalue weighted by atomic mass is 14.2. The monoisotopic (exact) mass is 130 g/mol. The van der Waals surface area contributed by atoms with E-state index in [0.29, 0.717) is 6.42 Å². The van der Waals surface area contributed by atoms with Crippen LogP contribution in [0.2, 0.25) is 0 Å². The van der Waals surface area contributed by atoms with Crippen LogP contribution in [0, 0.1) is 17.8 Å². The van der Waals surface area contributed by atoms with Crippen molar-refractivity contribution in [3.8, 4) is 6.07 Å². The summed E-state index contributed by atoms with van der Waals surface area (Å²) in [6.45, 7) is 0. The molecule has 0 saturated carbocycles. The summed E-state index contributed by atoms with van der Waals surface area (Å²) in [6.07, 6.45) is 2.39. The number of nitriles is 1. The van der Waals surface area contributed by atoms with Gasteiger partial charge in [-0.25, -0.2) is 0 Å². The van der Waals surface area contributed by atoms with Crippen LogP contribution in [0.5, 0.6) is 0 Å². The van der Waals surface area contributed by atoms with Gasteiger partial charge in [-0.2, -0.15) is 5.26 Å². The number of rotatable bonds is 2. The van der Waals surface area contributed by atoms with E-state index in [1.165, 1.54) is 0 Å². The van der Waals surface area contributed by atoms with Gasteiger partial charge in [-0.05, 0) is 5.56 Å². The zero-order valence-electron chi connectivity index (χ0n) is 5.62. The van der Waals surface area contributed by atoms with Crippen LogP contribution in [0.4, 0.5) is 0 Å². The molecule has 0 fully saturated rings. The van der Waals surface area contributed by atoms with E-state index in [-0.39, 0.29) is 0 Å². The molecule has 1 aromatic rings. The standard InChI is InChI=1S/C9H8N/c10-8-4-7-9-5-2-1-3-6-9/h1-3,5-7H,4H2. The third kappa shape index (κ3) is 1.91. The second-order valence-electron chi connectivity index (χ2n) is 1.98. The summed E-state index contributed by atoms with van der Waals surface area (Å²) in [7, 11) is 0. The first-order chi connectivity index (χ1) is 4.93. The van der Waals surface area contributed by atoms with E-state index < -0.39 is 0 Å². The third-order valence-corrected chi connectivity index (χ3v) is 1.23. The summed E-state index contributed by atoms with van der Waals surface area (Å²) >= 11 is 0. The van der Waals surface area contributed by atoms with Crippen LogP contribution in [0.1, 0.15) is 12.0 Å². The lowest BCUT2D eigenvalue weighted by molar-refractivity contribution is 1.24. The van der Waals surface area contributed by atoms with Crippen molar-refractivity contribution < 1.29 is 0 Å². The highest BCUT2D eigenvalue weighted by Crippen LogP contribution is 2.02. The maximum Gasteiger partial charge on any atom is 0.0628 e. The molecular formula is C9H8N. The molecule has 0 saturated heterocycles. The fraction of sp³-hybridized carbons (Fsp3) is 0.111. The molecular weight excluding hydrogens is 122 g/mol. The van der Waals surface area contributed by atoms with Crippen LogP contribution in [0.25, 0.3) is 0 Å². The second-order valence-corrected chi connectivity index (χ2v) is 1.98. The maximum atomic E-state index is 8.25. The Morgan fingerprint density at radius 3 is 2.60 bits per heavy atom. The minimum Gasteiger partial charge on any atom is -0.198 e. The lowest BCUT2D eigenvalue weighted by Gasteiger charge is -1.92. The Morgan fingerprint density at radius 1 is 1.30 bits per heavy atom. The molecule has 0 spiro atoms. The highest BCUT2D eigenvalue weighted by molar-refractivity contribution is 5.23. The van der Waals surface area contributed by atoms with Crippen LogP contribution < -0.4 is 0 Å². The molecule has 0 unspecified atom stereocenters. The van der Waals surface area contributed by atoms with Crippen LogP contribution >= 0.6 is 0 Å². The first-order valence-electron chi connectivity index (χ1n) is 3.18. The van der Waals surface area contributed by atoms with Gasteiger partial charge >= 0.3 is 0 Å². The van der Waals surface area contributed by atoms with Crippen molar-refractivity contribution >= 4 is 0 Å². The first kappa shape index (κ1) is 6.82. The van der Waals surface area contributed by atoms with Gasteiger partial charge in [0.25, 0.3) is 0 Å². The average molecular weight is 130 g/mol. The van der Waals surface area contributed by atoms with Gasteiger partial charge in [0.15, 0.2) is 0 Å². The van der Waals surface area contributed by atoms with Gasteiger partial charge in [-0.1, -0.05) is 30.3 Å². The molecule has 0 heterocycles. The molecule has 0 aliphatic carbocycles. The van der Waals surface area contributed by atoms with E-state index in [9.17, 15) is 0 Å². The number of hydrogen-bond donors (Lipinski definition) is 0. The lowest BCUT2D eigenvalue weighted by Crippen LogP contribution is -1.77. The molecule has 49 valence electrons. The quantitative estimate of drug-likeness (QED) is 0.601. The van der Waals surface area contributed by atoms with Gasteiger partial charge in [-0.3, -0.25) is 0 Å². The van der Waals surface area contributed by atoms with Crippen molar-refractivity contribution in [2.45, 2.75) is 6.42 Å². The molecule has 10 heavy (non-hydrogen) atoms. The Kier molecular flexibility index (Phi) is 2.51. The van der Waals surface area contributed by atoms with Gasteiger partial charge < -0.3 is 0 Å². The highest BCUT2D eigenvalue weighted by Gasteiger charge is 1.88. The Bertz CT molecular complexity index is 220. The molecule has 0 N–H and O–H groups in total. The number of benzene rings is 1. The summed E-state index contributed by atoms with van der Waals surface area (Å²) in [5, 5.41) is 8.25. The topological polar surface area (TPSA) is 23.8 Å². The molecule has 1 rings (SSSR count). The second kappa shape index (κ2) is 3.68. The average Bonchev–Trinajstić information content (AvgIpc) is 2.03. The molecule has 0 bridgehead atoms. The van der Waals surface area contributed by atoms with E-state index in [0.717, 1.165) is 5.56 Å². The summed E-state index contributed by atoms with van der Waals surface area (Å²) in [4.78, 5) is 0. The Labute approximate surface area is 60.9 Å². The van der Waals surface area contributed by atoms with Crippen molar-refractivity contribution in [1.29, 1.82) is 5.26 Å². The number of hydrogen-bond acceptors (Lipinski definition) is 1. The molecule has 0 atom stereocenters. The minimum absolute atomic E-state index is 0.490. The molecule has 0 aromatic heterocycles. The molecule has 1 radical (unpaired) electrons. The van der Waals surface area contributed by atoms with Gasteiger partial charge in [0.1, 0.15) is 0 Å². The summed E-state index contributed by atoms with van der Waals surface area (Å²) in [6, 6.07) is 11.9. The van der Waals surface area contributed by atoms with Gasteiger partial charge in [0.2, 0.25) is 0 Å². The van der Waals surface area contributed by atoms with E-state index in [1.54, 1.807) is 0 Å². The zero-order chi connectivity index (χ0) is 7.23. The molecule has 0 aliphatic heterocycles. The van der Waals surface area contributed by atoms with E-state index >= 15 is 0 Å². The van der Waals surface area contributed by atoms with Crippen LogP contribution in [0.3, 0.4) is 0 Å². The number of nitrogens with zero attached hydrogens (tertiary/aromatic N) is 1. The van der Waals surface area contributed by atoms with Crippen LogP contribution in [0.15, 0.2) is 30.3 Å². The van der Waals surface area contributed by atoms with Crippen molar-refractivity contribution in [1.82, 2.24) is 0 Å². The zero-order valence-corrected chi connectivity index (χ0v) is 5.62. The van der Waals surface area contributed by atoms with E-state index in [4.69, 9.17) is 5.26 Å². The SMILES string of the molecule is N#CC[CH]c1ccccc1. The fourth-order valence-corrected chi connectivity index (χ4v) is 0.753. The molecule has 1 aromatic carbocycles. The van der Waals surface area contributed by atoms with Crippen LogP contribution in [-0.2, 0) is 0 Å². The lowest BCUT2D eigenvalue weighted by atomic mass is 10.1. The maximum absolute atomic E-state index is 8.25. The summed E-state index contributed by atoms with van der Waals surface area (Å²) in [5.74, 6) is 0. The summed E-state index contributed by atoms with van der Waals surface area (Å²) in [5.41, 5.74) is 1.11. The predicted octanol–water partition coefficient (Wildman–Crippen LogP) is 2.15. The van der Waals surface area contributed by atoms with Gasteiger partial charge in [-0.15, -0.1) is 0 Å². The van der Waals surface area contributed by atoms with Crippen molar-refractivity contribution in [2.24, 2.45) is 0 Å². The molecule has 0 amide bonds. The van der Waals surface area contributed by atoms with Crippen molar-refractivity contribution in [3.05, 3.63) is 42.3 Å². The van der Waals surface area contributed by atoms with Gasteiger partial charge in [0, 0.05) is 12.8 Å². The predicted molar refractivity (Wildman–Crippen MR) is 40.1 cm³/mol. The Morgan fingerprint density at radius 2 is 2.00 bits per heavy atom. The van der Waals surface area contributed by atoms with Crippen molar-refractivity contribution in [3.63, 3.8) is 0 Å². The van der Waals surface area contributed by atoms with E-state index in [2.05, 4.69) is 6.07 Å². The normalized spacial score (nSPS) is 8.70. The first-order valence-corrected chi connectivity index (χ1v) is 3.18. The van der Waals surface area contributed by atoms with E-state index in [1.807, 2.05) is 36.8 Å². The van der Waals surface area contributed by atoms with Crippen LogP contribution in [-0.4, -0.2) is 0 Å². The molecule has 1 nitrogen and oxygen atoms in total. The minimum atomic E-state index is 0.490. The Balaban J connectivity index is 2.52.